The zero-order valence-corrected chi connectivity index (χ0v) is 22.3. The van der Waals surface area contributed by atoms with Crippen molar-refractivity contribution in [3.05, 3.63) is 29.3 Å². The van der Waals surface area contributed by atoms with Crippen LogP contribution in [0.1, 0.15) is 96.1 Å². The van der Waals surface area contributed by atoms with Gasteiger partial charge in [-0.05, 0) is 50.5 Å². The summed E-state index contributed by atoms with van der Waals surface area (Å²) in [5.41, 5.74) is 6.99. The zero-order valence-electron chi connectivity index (χ0n) is 21.3. The van der Waals surface area contributed by atoms with Crippen LogP contribution in [0.5, 0.6) is 0 Å². The van der Waals surface area contributed by atoms with Crippen molar-refractivity contribution in [2.45, 2.75) is 111 Å². The zero-order chi connectivity index (χ0) is 23.0. The molecule has 0 atom stereocenters. The van der Waals surface area contributed by atoms with Gasteiger partial charge in [-0.25, -0.2) is 0 Å². The van der Waals surface area contributed by atoms with Crippen LogP contribution in [0, 0.1) is 11.5 Å². The highest BCUT2D eigenvalue weighted by atomic mass is 28.3. The quantitative estimate of drug-likeness (QED) is 0.0879. The van der Waals surface area contributed by atoms with Gasteiger partial charge in [-0.3, -0.25) is 5.01 Å². The summed E-state index contributed by atoms with van der Waals surface area (Å²) < 4.78 is 0. The molecule has 174 valence electrons. The summed E-state index contributed by atoms with van der Waals surface area (Å²) in [5, 5.41) is 10.8. The van der Waals surface area contributed by atoms with Crippen molar-refractivity contribution in [2.75, 3.05) is 13.1 Å². The number of aryl methyl sites for hydroxylation is 1. The summed E-state index contributed by atoms with van der Waals surface area (Å²) in [6, 6.07) is 6.41. The van der Waals surface area contributed by atoms with Gasteiger partial charge in [-0.2, -0.15) is 0 Å². The van der Waals surface area contributed by atoms with Crippen LogP contribution in [0.15, 0.2) is 28.5 Å². The van der Waals surface area contributed by atoms with Crippen molar-refractivity contribution in [2.24, 2.45) is 10.3 Å². The molecule has 0 saturated heterocycles. The van der Waals surface area contributed by atoms with Gasteiger partial charge in [-0.1, -0.05) is 95.5 Å². The second kappa shape index (κ2) is 16.1. The van der Waals surface area contributed by atoms with Crippen molar-refractivity contribution in [3.63, 3.8) is 0 Å². The molecule has 4 heteroatoms. The predicted molar refractivity (Wildman–Crippen MR) is 140 cm³/mol. The monoisotopic (exact) mass is 441 g/mol. The van der Waals surface area contributed by atoms with E-state index in [-0.39, 0.29) is 0 Å². The molecule has 0 aromatic heterocycles. The summed E-state index contributed by atoms with van der Waals surface area (Å²) in [6.45, 7) is 15.2. The first kappa shape index (κ1) is 27.4. The smallest absolute Gasteiger partial charge is 0.129 e. The highest BCUT2D eigenvalue weighted by Crippen LogP contribution is 2.22. The first-order valence-corrected chi connectivity index (χ1v) is 16.2. The molecule has 0 unspecified atom stereocenters. The van der Waals surface area contributed by atoms with Gasteiger partial charge >= 0.3 is 0 Å². The number of benzene rings is 1. The Morgan fingerprint density at radius 2 is 1.39 bits per heavy atom. The first-order valence-electron chi connectivity index (χ1n) is 12.7. The fraction of sp³-hybridized carbons (Fsp3) is 0.704. The maximum Gasteiger partial charge on any atom is 0.129 e. The van der Waals surface area contributed by atoms with Crippen molar-refractivity contribution in [1.29, 1.82) is 0 Å². The van der Waals surface area contributed by atoms with E-state index in [1.807, 2.05) is 5.01 Å². The fourth-order valence-electron chi connectivity index (χ4n) is 3.49. The molecule has 0 aliphatic heterocycles. The van der Waals surface area contributed by atoms with Crippen molar-refractivity contribution in [3.8, 4) is 11.5 Å². The fourth-order valence-corrected chi connectivity index (χ4v) is 4.00. The molecule has 0 aliphatic carbocycles. The second-order valence-electron chi connectivity index (χ2n) is 9.60. The lowest BCUT2D eigenvalue weighted by Gasteiger charge is -2.12. The van der Waals surface area contributed by atoms with Crippen LogP contribution < -0.4 is 0 Å². The summed E-state index contributed by atoms with van der Waals surface area (Å²) >= 11 is 0. The Labute approximate surface area is 194 Å². The Morgan fingerprint density at radius 3 is 1.94 bits per heavy atom. The molecule has 1 aromatic carbocycles. The topological polar surface area (TPSA) is 28.0 Å². The number of unbranched alkanes of at least 4 members (excludes halogenated alkanes) is 9. The standard InChI is InChI=1S/C27H47N3Si/c1-7-10-11-12-13-14-15-16-17-18-19-26-24-27(28-29-30(8-2)9-3)21-20-25(26)22-23-31(4,5)6/h20-21,24H,7-19H2,1-6H3. The Kier molecular flexibility index (Phi) is 14.2. The van der Waals surface area contributed by atoms with E-state index in [2.05, 4.69) is 80.4 Å². The van der Waals surface area contributed by atoms with E-state index in [1.165, 1.54) is 75.3 Å². The first-order chi connectivity index (χ1) is 14.9. The van der Waals surface area contributed by atoms with E-state index in [9.17, 15) is 0 Å². The average molecular weight is 442 g/mol. The summed E-state index contributed by atoms with van der Waals surface area (Å²) in [4.78, 5) is 0. The SMILES string of the molecule is CCCCCCCCCCCCc1cc(N=NN(CC)CC)ccc1C#C[Si](C)(C)C. The molecule has 0 fully saturated rings. The van der Waals surface area contributed by atoms with E-state index >= 15 is 0 Å². The lowest BCUT2D eigenvalue weighted by molar-refractivity contribution is 0.300. The van der Waals surface area contributed by atoms with Gasteiger partial charge in [0.2, 0.25) is 0 Å². The van der Waals surface area contributed by atoms with E-state index in [0.29, 0.717) is 0 Å². The van der Waals surface area contributed by atoms with Crippen molar-refractivity contribution >= 4 is 13.8 Å². The Bertz CT molecular complexity index is 691. The molecule has 0 radical (unpaired) electrons. The summed E-state index contributed by atoms with van der Waals surface area (Å²) in [5.74, 6) is 3.48. The predicted octanol–water partition coefficient (Wildman–Crippen LogP) is 8.72. The van der Waals surface area contributed by atoms with Crippen LogP contribution in [-0.2, 0) is 6.42 Å². The van der Waals surface area contributed by atoms with Crippen molar-refractivity contribution < 1.29 is 0 Å². The molecule has 31 heavy (non-hydrogen) atoms. The van der Waals surface area contributed by atoms with Crippen LogP contribution in [0.3, 0.4) is 0 Å². The lowest BCUT2D eigenvalue weighted by Crippen LogP contribution is -2.16. The van der Waals surface area contributed by atoms with Gasteiger partial charge in [0.05, 0.1) is 5.69 Å². The van der Waals surface area contributed by atoms with Gasteiger partial charge in [0.15, 0.2) is 0 Å². The van der Waals surface area contributed by atoms with Crippen LogP contribution in [0.2, 0.25) is 19.6 Å². The molecule has 1 rings (SSSR count). The van der Waals surface area contributed by atoms with Gasteiger partial charge in [0, 0.05) is 18.7 Å². The Hall–Kier alpha value is -1.60. The third-order valence-electron chi connectivity index (χ3n) is 5.48. The molecule has 0 bridgehead atoms. The molecule has 0 saturated carbocycles. The molecule has 3 nitrogen and oxygen atoms in total. The minimum atomic E-state index is -1.39. The molecular formula is C27H47N3Si. The summed E-state index contributed by atoms with van der Waals surface area (Å²) in [6.07, 6.45) is 14.7. The average Bonchev–Trinajstić information content (AvgIpc) is 2.74. The molecule has 1 aromatic rings. The molecule has 0 heterocycles. The highest BCUT2D eigenvalue weighted by Gasteiger charge is 2.09. The maximum atomic E-state index is 4.47. The summed E-state index contributed by atoms with van der Waals surface area (Å²) in [7, 11) is -1.39. The molecule has 0 N–H and O–H groups in total. The van der Waals surface area contributed by atoms with Crippen LogP contribution >= 0.6 is 0 Å². The van der Waals surface area contributed by atoms with E-state index in [0.717, 1.165) is 25.2 Å². The largest absolute Gasteiger partial charge is 0.279 e. The third-order valence-corrected chi connectivity index (χ3v) is 6.35. The maximum absolute atomic E-state index is 4.47. The normalized spacial score (nSPS) is 11.5. The molecular weight excluding hydrogens is 394 g/mol. The van der Waals surface area contributed by atoms with Crippen LogP contribution in [-0.4, -0.2) is 26.2 Å². The van der Waals surface area contributed by atoms with Gasteiger partial charge < -0.3 is 0 Å². The molecule has 0 amide bonds. The number of rotatable bonds is 15. The third kappa shape index (κ3) is 13.4. The van der Waals surface area contributed by atoms with Gasteiger partial charge in [0.1, 0.15) is 8.07 Å². The minimum Gasteiger partial charge on any atom is -0.279 e. The van der Waals surface area contributed by atoms with Crippen molar-refractivity contribution in [1.82, 2.24) is 5.01 Å². The molecule has 0 spiro atoms. The minimum absolute atomic E-state index is 0.880. The highest BCUT2D eigenvalue weighted by molar-refractivity contribution is 6.83. The number of hydrogen-bond acceptors (Lipinski definition) is 2. The number of hydrogen-bond donors (Lipinski definition) is 0. The lowest BCUT2D eigenvalue weighted by atomic mass is 9.99. The Morgan fingerprint density at radius 1 is 0.806 bits per heavy atom. The molecule has 0 aliphatic rings. The van der Waals surface area contributed by atoms with Gasteiger partial charge in [-0.15, -0.1) is 10.7 Å². The van der Waals surface area contributed by atoms with Gasteiger partial charge in [0.25, 0.3) is 0 Å². The van der Waals surface area contributed by atoms with E-state index < -0.39 is 8.07 Å². The van der Waals surface area contributed by atoms with Crippen LogP contribution in [0.4, 0.5) is 5.69 Å². The van der Waals surface area contributed by atoms with E-state index in [4.69, 9.17) is 0 Å². The Balaban J connectivity index is 2.64. The van der Waals surface area contributed by atoms with Crippen LogP contribution in [0.25, 0.3) is 0 Å². The second-order valence-corrected chi connectivity index (χ2v) is 14.4. The van der Waals surface area contributed by atoms with E-state index in [1.54, 1.807) is 0 Å². The number of nitrogens with zero attached hydrogens (tertiary/aromatic N) is 3.